The summed E-state index contributed by atoms with van der Waals surface area (Å²) < 4.78 is 28.2. The first-order valence-corrected chi connectivity index (χ1v) is 8.71. The summed E-state index contributed by atoms with van der Waals surface area (Å²) >= 11 is 0. The lowest BCUT2D eigenvalue weighted by molar-refractivity contribution is 0.361. The number of sulfonamides is 1. The molecule has 2 aromatic rings. The molecule has 1 aromatic carbocycles. The molecule has 0 unspecified atom stereocenters. The van der Waals surface area contributed by atoms with Gasteiger partial charge in [-0.1, -0.05) is 26.0 Å². The quantitative estimate of drug-likeness (QED) is 0.881. The van der Waals surface area contributed by atoms with Crippen LogP contribution >= 0.6 is 0 Å². The molecule has 0 aliphatic rings. The van der Waals surface area contributed by atoms with Crippen molar-refractivity contribution in [3.63, 3.8) is 0 Å². The maximum Gasteiger partial charge on any atom is 0.241 e. The number of hydrogen-bond donors (Lipinski definition) is 1. The minimum Gasteiger partial charge on any atom is -0.207 e. The number of hydrogen-bond acceptors (Lipinski definition) is 4. The van der Waals surface area contributed by atoms with Gasteiger partial charge in [-0.15, -0.1) is 0 Å². The van der Waals surface area contributed by atoms with E-state index in [0.717, 1.165) is 11.1 Å². The molecule has 7 heteroatoms. The highest BCUT2D eigenvalue weighted by molar-refractivity contribution is 7.89. The lowest BCUT2D eigenvalue weighted by Crippen LogP contribution is -2.42. The molecule has 0 fully saturated rings. The Morgan fingerprint density at radius 1 is 1.18 bits per heavy atom. The van der Waals surface area contributed by atoms with Crippen LogP contribution in [0.5, 0.6) is 0 Å². The van der Waals surface area contributed by atoms with Crippen LogP contribution in [0.15, 0.2) is 35.5 Å². The van der Waals surface area contributed by atoms with Crippen LogP contribution in [0, 0.1) is 19.8 Å². The van der Waals surface area contributed by atoms with Crippen LogP contribution in [0.25, 0.3) is 0 Å². The van der Waals surface area contributed by atoms with Gasteiger partial charge < -0.3 is 0 Å². The molecule has 0 saturated carbocycles. The summed E-state index contributed by atoms with van der Waals surface area (Å²) in [6.45, 7) is 8.02. The summed E-state index contributed by atoms with van der Waals surface area (Å²) in [4.78, 5) is 1.82. The van der Waals surface area contributed by atoms with E-state index in [-0.39, 0.29) is 12.0 Å². The molecule has 0 aliphatic heterocycles. The van der Waals surface area contributed by atoms with Gasteiger partial charge >= 0.3 is 0 Å². The van der Waals surface area contributed by atoms with Crippen LogP contribution in [0.3, 0.4) is 0 Å². The van der Waals surface area contributed by atoms with Crippen LogP contribution in [-0.2, 0) is 16.6 Å². The Balaban J connectivity index is 2.26. The van der Waals surface area contributed by atoms with Crippen LogP contribution in [-0.4, -0.2) is 29.5 Å². The largest absolute Gasteiger partial charge is 0.241 e. The first-order valence-electron chi connectivity index (χ1n) is 7.23. The minimum absolute atomic E-state index is 0.117. The highest BCUT2D eigenvalue weighted by atomic mass is 32.2. The van der Waals surface area contributed by atoms with E-state index in [9.17, 15) is 8.42 Å². The molecule has 0 spiro atoms. The maximum absolute atomic E-state index is 12.7. The Morgan fingerprint density at radius 2 is 1.82 bits per heavy atom. The van der Waals surface area contributed by atoms with Gasteiger partial charge in [0.15, 0.2) is 0 Å². The van der Waals surface area contributed by atoms with Gasteiger partial charge in [0.2, 0.25) is 10.0 Å². The molecule has 2 rings (SSSR count). The molecular weight excluding hydrogens is 300 g/mol. The SMILES string of the molecule is Cc1ccc(C)c(S(=O)(=O)N[C@H](Cn2nccn2)C(C)C)c1. The second-order valence-electron chi connectivity index (χ2n) is 5.82. The zero-order chi connectivity index (χ0) is 16.3. The van der Waals surface area contributed by atoms with Gasteiger partial charge in [0.1, 0.15) is 0 Å². The van der Waals surface area contributed by atoms with E-state index in [0.29, 0.717) is 11.4 Å². The molecule has 1 aromatic heterocycles. The normalized spacial score (nSPS) is 13.5. The summed E-state index contributed by atoms with van der Waals surface area (Å²) in [5.74, 6) is 0.117. The number of aromatic nitrogens is 3. The summed E-state index contributed by atoms with van der Waals surface area (Å²) in [5, 5.41) is 8.09. The molecule has 0 bridgehead atoms. The zero-order valence-electron chi connectivity index (χ0n) is 13.3. The van der Waals surface area contributed by atoms with E-state index in [2.05, 4.69) is 14.9 Å². The maximum atomic E-state index is 12.7. The highest BCUT2D eigenvalue weighted by Crippen LogP contribution is 2.18. The van der Waals surface area contributed by atoms with Crippen LogP contribution in [0.2, 0.25) is 0 Å². The van der Waals surface area contributed by atoms with Gasteiger partial charge in [-0.2, -0.15) is 15.0 Å². The van der Waals surface area contributed by atoms with E-state index in [1.165, 1.54) is 4.80 Å². The van der Waals surface area contributed by atoms with Crippen molar-refractivity contribution in [1.82, 2.24) is 19.7 Å². The molecule has 22 heavy (non-hydrogen) atoms. The van der Waals surface area contributed by atoms with Crippen LogP contribution in [0.4, 0.5) is 0 Å². The third-order valence-electron chi connectivity index (χ3n) is 3.57. The van der Waals surface area contributed by atoms with Crippen molar-refractivity contribution in [2.45, 2.75) is 45.2 Å². The third-order valence-corrected chi connectivity index (χ3v) is 5.20. The molecule has 0 amide bonds. The Hall–Kier alpha value is -1.73. The van der Waals surface area contributed by atoms with E-state index < -0.39 is 10.0 Å². The molecular formula is C15H22N4O2S. The summed E-state index contributed by atoms with van der Waals surface area (Å²) in [7, 11) is -3.58. The molecule has 6 nitrogen and oxygen atoms in total. The Kier molecular flexibility index (Phi) is 4.97. The molecule has 120 valence electrons. The summed E-state index contributed by atoms with van der Waals surface area (Å²) in [6, 6.07) is 5.14. The standard InChI is InChI=1S/C15H22N4O2S/c1-11(2)14(10-19-16-7-8-17-19)18-22(20,21)15-9-12(3)5-6-13(15)4/h5-9,11,14,18H,10H2,1-4H3/t14-/m1/s1. The van der Waals surface area contributed by atoms with Gasteiger partial charge in [0.25, 0.3) is 0 Å². The molecule has 1 atom stereocenters. The van der Waals surface area contributed by atoms with Crippen molar-refractivity contribution in [2.24, 2.45) is 5.92 Å². The molecule has 0 radical (unpaired) electrons. The average Bonchev–Trinajstić information content (AvgIpc) is 2.93. The molecule has 1 heterocycles. The zero-order valence-corrected chi connectivity index (χ0v) is 14.1. The Bertz CT molecular complexity index is 724. The van der Waals surface area contributed by atoms with Gasteiger partial charge in [-0.25, -0.2) is 13.1 Å². The van der Waals surface area contributed by atoms with Crippen LogP contribution < -0.4 is 4.72 Å². The Labute approximate surface area is 131 Å². The lowest BCUT2D eigenvalue weighted by Gasteiger charge is -2.22. The lowest BCUT2D eigenvalue weighted by atomic mass is 10.1. The van der Waals surface area contributed by atoms with E-state index >= 15 is 0 Å². The van der Waals surface area contributed by atoms with Crippen molar-refractivity contribution in [3.05, 3.63) is 41.7 Å². The number of rotatable bonds is 6. The van der Waals surface area contributed by atoms with Gasteiger partial charge in [-0.3, -0.25) is 0 Å². The summed E-state index contributed by atoms with van der Waals surface area (Å²) in [6.07, 6.45) is 3.16. The van der Waals surface area contributed by atoms with E-state index in [4.69, 9.17) is 0 Å². The van der Waals surface area contributed by atoms with Crippen molar-refractivity contribution < 1.29 is 8.42 Å². The Morgan fingerprint density at radius 3 is 2.41 bits per heavy atom. The van der Waals surface area contributed by atoms with Gasteiger partial charge in [0.05, 0.1) is 23.8 Å². The second kappa shape index (κ2) is 6.58. The third kappa shape index (κ3) is 3.92. The fraction of sp³-hybridized carbons (Fsp3) is 0.467. The fourth-order valence-electron chi connectivity index (χ4n) is 2.16. The van der Waals surface area contributed by atoms with Crippen molar-refractivity contribution >= 4 is 10.0 Å². The van der Waals surface area contributed by atoms with E-state index in [1.807, 2.05) is 32.9 Å². The summed E-state index contributed by atoms with van der Waals surface area (Å²) in [5.41, 5.74) is 1.65. The average molecular weight is 322 g/mol. The molecule has 0 saturated heterocycles. The highest BCUT2D eigenvalue weighted by Gasteiger charge is 2.24. The second-order valence-corrected chi connectivity index (χ2v) is 7.51. The topological polar surface area (TPSA) is 76.9 Å². The van der Waals surface area contributed by atoms with Crippen molar-refractivity contribution in [3.8, 4) is 0 Å². The monoisotopic (exact) mass is 322 g/mol. The number of nitrogens with zero attached hydrogens (tertiary/aromatic N) is 3. The first kappa shape index (κ1) is 16.6. The van der Waals surface area contributed by atoms with Gasteiger partial charge in [-0.05, 0) is 37.0 Å². The minimum atomic E-state index is -3.58. The number of benzene rings is 1. The van der Waals surface area contributed by atoms with Crippen molar-refractivity contribution in [1.29, 1.82) is 0 Å². The molecule has 1 N–H and O–H groups in total. The van der Waals surface area contributed by atoms with Crippen molar-refractivity contribution in [2.75, 3.05) is 0 Å². The smallest absolute Gasteiger partial charge is 0.207 e. The predicted octanol–water partition coefficient (Wildman–Crippen LogP) is 1.90. The number of aryl methyl sites for hydroxylation is 2. The predicted molar refractivity (Wildman–Crippen MR) is 84.9 cm³/mol. The fourth-order valence-corrected chi connectivity index (χ4v) is 3.86. The van der Waals surface area contributed by atoms with Gasteiger partial charge in [0, 0.05) is 6.04 Å². The first-order chi connectivity index (χ1) is 10.3. The molecule has 0 aliphatic carbocycles. The van der Waals surface area contributed by atoms with Crippen LogP contribution in [0.1, 0.15) is 25.0 Å². The number of nitrogens with one attached hydrogen (secondary N) is 1. The van der Waals surface area contributed by atoms with E-state index in [1.54, 1.807) is 25.4 Å².